The highest BCUT2D eigenvalue weighted by Crippen LogP contribution is 2.29. The summed E-state index contributed by atoms with van der Waals surface area (Å²) < 4.78 is 2.34. The summed E-state index contributed by atoms with van der Waals surface area (Å²) in [5.74, 6) is 0. The molecule has 2 nitrogen and oxygen atoms in total. The molecule has 0 atom stereocenters. The number of rotatable bonds is 3. The summed E-state index contributed by atoms with van der Waals surface area (Å²) in [4.78, 5) is 0. The molecule has 0 saturated heterocycles. The summed E-state index contributed by atoms with van der Waals surface area (Å²) in [6, 6.07) is 13.0. The lowest BCUT2D eigenvalue weighted by atomic mass is 10.0. The van der Waals surface area contributed by atoms with Crippen molar-refractivity contribution in [3.63, 3.8) is 0 Å². The van der Waals surface area contributed by atoms with E-state index in [1.807, 2.05) is 0 Å². The van der Waals surface area contributed by atoms with Gasteiger partial charge in [-0.05, 0) is 30.8 Å². The number of nitrogens with zero attached hydrogens (tertiary/aromatic N) is 1. The molecule has 0 aliphatic rings. The summed E-state index contributed by atoms with van der Waals surface area (Å²) in [6.07, 6.45) is 3.20. The van der Waals surface area contributed by atoms with E-state index in [0.29, 0.717) is 6.54 Å². The average molecular weight is 238 g/mol. The van der Waals surface area contributed by atoms with E-state index in [4.69, 9.17) is 5.73 Å². The lowest BCUT2D eigenvalue weighted by Crippen LogP contribution is -2.02. The smallest absolute Gasteiger partial charge is 0.0562 e. The zero-order valence-electron chi connectivity index (χ0n) is 10.7. The standard InChI is InChI=1S/C16H18N2/c1-2-18-11-13(9-10-17)15-8-7-12-5-3-4-6-14(12)16(15)18/h3-8,11H,2,9-10,17H2,1H3. The van der Waals surface area contributed by atoms with E-state index >= 15 is 0 Å². The van der Waals surface area contributed by atoms with Crippen LogP contribution >= 0.6 is 0 Å². The SMILES string of the molecule is CCn1cc(CCN)c2ccc3ccccc3c21. The molecule has 0 bridgehead atoms. The molecule has 2 aromatic carbocycles. The van der Waals surface area contributed by atoms with Gasteiger partial charge in [-0.2, -0.15) is 0 Å². The fourth-order valence-electron chi connectivity index (χ4n) is 2.75. The van der Waals surface area contributed by atoms with Gasteiger partial charge in [-0.1, -0.05) is 36.4 Å². The van der Waals surface area contributed by atoms with Gasteiger partial charge in [0.25, 0.3) is 0 Å². The molecule has 0 aliphatic heterocycles. The molecule has 0 saturated carbocycles. The molecule has 2 N–H and O–H groups in total. The van der Waals surface area contributed by atoms with Gasteiger partial charge in [0, 0.05) is 23.5 Å². The molecule has 2 heteroatoms. The highest BCUT2D eigenvalue weighted by Gasteiger charge is 2.09. The Hall–Kier alpha value is -1.80. The van der Waals surface area contributed by atoms with Crippen LogP contribution in [0.25, 0.3) is 21.7 Å². The first kappa shape index (κ1) is 11.3. The maximum absolute atomic E-state index is 5.71. The van der Waals surface area contributed by atoms with Crippen LogP contribution in [-0.4, -0.2) is 11.1 Å². The van der Waals surface area contributed by atoms with Crippen LogP contribution in [0.2, 0.25) is 0 Å². The van der Waals surface area contributed by atoms with E-state index in [-0.39, 0.29) is 0 Å². The predicted octanol–water partition coefficient (Wildman–Crippen LogP) is 3.32. The highest BCUT2D eigenvalue weighted by molar-refractivity contribution is 6.07. The van der Waals surface area contributed by atoms with Gasteiger partial charge in [-0.3, -0.25) is 0 Å². The predicted molar refractivity (Wildman–Crippen MR) is 77.9 cm³/mol. The molecule has 0 aliphatic carbocycles. The van der Waals surface area contributed by atoms with Gasteiger partial charge >= 0.3 is 0 Å². The molecular formula is C16H18N2. The van der Waals surface area contributed by atoms with Crippen LogP contribution in [0.3, 0.4) is 0 Å². The Morgan fingerprint density at radius 2 is 1.89 bits per heavy atom. The van der Waals surface area contributed by atoms with E-state index in [2.05, 4.69) is 54.1 Å². The fourth-order valence-corrected chi connectivity index (χ4v) is 2.75. The normalized spacial score (nSPS) is 11.4. The van der Waals surface area contributed by atoms with Gasteiger partial charge in [0.15, 0.2) is 0 Å². The first-order chi connectivity index (χ1) is 8.85. The lowest BCUT2D eigenvalue weighted by molar-refractivity contribution is 0.792. The minimum absolute atomic E-state index is 0.704. The monoisotopic (exact) mass is 238 g/mol. The summed E-state index contributed by atoms with van der Waals surface area (Å²) in [5.41, 5.74) is 8.41. The van der Waals surface area contributed by atoms with E-state index in [1.165, 1.54) is 27.2 Å². The number of hydrogen-bond donors (Lipinski definition) is 1. The maximum Gasteiger partial charge on any atom is 0.0562 e. The molecule has 3 rings (SSSR count). The fraction of sp³-hybridized carbons (Fsp3) is 0.250. The number of hydrogen-bond acceptors (Lipinski definition) is 1. The lowest BCUT2D eigenvalue weighted by Gasteiger charge is -2.05. The van der Waals surface area contributed by atoms with Crippen molar-refractivity contribution < 1.29 is 0 Å². The molecule has 0 amide bonds. The van der Waals surface area contributed by atoms with Gasteiger partial charge in [-0.15, -0.1) is 0 Å². The van der Waals surface area contributed by atoms with Gasteiger partial charge < -0.3 is 10.3 Å². The highest BCUT2D eigenvalue weighted by atomic mass is 14.9. The number of nitrogens with two attached hydrogens (primary N) is 1. The molecule has 0 fully saturated rings. The van der Waals surface area contributed by atoms with Gasteiger partial charge in [-0.25, -0.2) is 0 Å². The second kappa shape index (κ2) is 4.46. The van der Waals surface area contributed by atoms with Crippen LogP contribution < -0.4 is 5.73 Å². The van der Waals surface area contributed by atoms with Gasteiger partial charge in [0.2, 0.25) is 0 Å². The molecular weight excluding hydrogens is 220 g/mol. The van der Waals surface area contributed by atoms with Crippen molar-refractivity contribution in [2.24, 2.45) is 5.73 Å². The largest absolute Gasteiger partial charge is 0.347 e. The van der Waals surface area contributed by atoms with Crippen LogP contribution in [-0.2, 0) is 13.0 Å². The molecule has 92 valence electrons. The Balaban J connectivity index is 2.41. The molecule has 3 aromatic rings. The number of aromatic nitrogens is 1. The maximum atomic E-state index is 5.71. The van der Waals surface area contributed by atoms with E-state index in [1.54, 1.807) is 0 Å². The second-order valence-corrected chi connectivity index (χ2v) is 4.66. The van der Waals surface area contributed by atoms with Gasteiger partial charge in [0.1, 0.15) is 0 Å². The summed E-state index contributed by atoms with van der Waals surface area (Å²) >= 11 is 0. The Kier molecular flexibility index (Phi) is 2.80. The van der Waals surface area contributed by atoms with Crippen LogP contribution in [0.15, 0.2) is 42.6 Å². The zero-order valence-corrected chi connectivity index (χ0v) is 10.7. The van der Waals surface area contributed by atoms with E-state index in [9.17, 15) is 0 Å². The number of fused-ring (bicyclic) bond motifs is 3. The third-order valence-electron chi connectivity index (χ3n) is 3.60. The van der Waals surface area contributed by atoms with Crippen molar-refractivity contribution in [2.75, 3.05) is 6.54 Å². The third kappa shape index (κ3) is 1.61. The third-order valence-corrected chi connectivity index (χ3v) is 3.60. The quantitative estimate of drug-likeness (QED) is 0.745. The van der Waals surface area contributed by atoms with Crippen molar-refractivity contribution in [1.82, 2.24) is 4.57 Å². The first-order valence-electron chi connectivity index (χ1n) is 6.54. The minimum atomic E-state index is 0.704. The first-order valence-corrected chi connectivity index (χ1v) is 6.54. The number of aryl methyl sites for hydroxylation is 1. The molecule has 0 spiro atoms. The van der Waals surface area contributed by atoms with E-state index in [0.717, 1.165) is 13.0 Å². The summed E-state index contributed by atoms with van der Waals surface area (Å²) in [5, 5.41) is 3.98. The summed E-state index contributed by atoms with van der Waals surface area (Å²) in [6.45, 7) is 3.89. The van der Waals surface area contributed by atoms with Crippen LogP contribution in [0.4, 0.5) is 0 Å². The Labute approximate surface area is 107 Å². The van der Waals surface area contributed by atoms with Crippen LogP contribution in [0, 0.1) is 0 Å². The molecule has 0 radical (unpaired) electrons. The molecule has 0 unspecified atom stereocenters. The van der Waals surface area contributed by atoms with Crippen molar-refractivity contribution in [3.05, 3.63) is 48.2 Å². The minimum Gasteiger partial charge on any atom is -0.347 e. The van der Waals surface area contributed by atoms with Crippen LogP contribution in [0.1, 0.15) is 12.5 Å². The average Bonchev–Trinajstić information content (AvgIpc) is 2.78. The number of benzene rings is 2. The Morgan fingerprint density at radius 1 is 1.06 bits per heavy atom. The Bertz CT molecular complexity index is 695. The van der Waals surface area contributed by atoms with E-state index < -0.39 is 0 Å². The van der Waals surface area contributed by atoms with Crippen LogP contribution in [0.5, 0.6) is 0 Å². The van der Waals surface area contributed by atoms with Crippen molar-refractivity contribution in [2.45, 2.75) is 19.9 Å². The van der Waals surface area contributed by atoms with Crippen molar-refractivity contribution in [1.29, 1.82) is 0 Å². The van der Waals surface area contributed by atoms with Crippen molar-refractivity contribution in [3.8, 4) is 0 Å². The van der Waals surface area contributed by atoms with Gasteiger partial charge in [0.05, 0.1) is 5.52 Å². The molecule has 18 heavy (non-hydrogen) atoms. The Morgan fingerprint density at radius 3 is 2.67 bits per heavy atom. The molecule has 1 heterocycles. The van der Waals surface area contributed by atoms with Crippen molar-refractivity contribution >= 4 is 21.7 Å². The molecule has 1 aromatic heterocycles. The topological polar surface area (TPSA) is 30.9 Å². The second-order valence-electron chi connectivity index (χ2n) is 4.66. The summed E-state index contributed by atoms with van der Waals surface area (Å²) in [7, 11) is 0. The zero-order chi connectivity index (χ0) is 12.5.